The molecule has 4 nitrogen and oxygen atoms in total. The molecule has 1 aromatic heterocycles. The number of hydrogen-bond acceptors (Lipinski definition) is 3. The van der Waals surface area contributed by atoms with Crippen LogP contribution in [0, 0.1) is 11.8 Å². The second-order valence-electron chi connectivity index (χ2n) is 11.1. The number of aliphatic hydroxyl groups is 1. The summed E-state index contributed by atoms with van der Waals surface area (Å²) in [5.74, 6) is 0.391. The number of aromatic nitrogens is 1. The molecule has 5 atom stereocenters. The Labute approximate surface area is 216 Å². The summed E-state index contributed by atoms with van der Waals surface area (Å²) in [5, 5.41) is 18.1. The number of para-hydroxylation sites is 1. The van der Waals surface area contributed by atoms with E-state index in [9.17, 15) is 9.90 Å². The Morgan fingerprint density at radius 1 is 0.919 bits per heavy atom. The molecule has 2 bridgehead atoms. The highest BCUT2D eigenvalue weighted by molar-refractivity contribution is 6.02. The van der Waals surface area contributed by atoms with Crippen LogP contribution in [0.15, 0.2) is 91.1 Å². The molecule has 184 valence electrons. The lowest BCUT2D eigenvalue weighted by Crippen LogP contribution is -2.68. The number of nitrogens with zero attached hydrogens (tertiary/aromatic N) is 2. The zero-order valence-corrected chi connectivity index (χ0v) is 20.8. The van der Waals surface area contributed by atoms with Crippen LogP contribution in [0.5, 0.6) is 0 Å². The van der Waals surface area contributed by atoms with Gasteiger partial charge in [-0.3, -0.25) is 4.98 Å². The Balaban J connectivity index is 1.39. The molecule has 0 saturated carbocycles. The fraction of sp³-hybridized carbons (Fsp3) is 0.273. The lowest BCUT2D eigenvalue weighted by Gasteiger charge is -2.57. The first-order valence-corrected chi connectivity index (χ1v) is 13.4. The summed E-state index contributed by atoms with van der Waals surface area (Å²) in [7, 11) is 0. The van der Waals surface area contributed by atoms with Gasteiger partial charge in [0.25, 0.3) is 0 Å². The second-order valence-corrected chi connectivity index (χ2v) is 11.1. The number of rotatable bonds is 5. The minimum Gasteiger partial charge on any atom is -0.382 e. The van der Waals surface area contributed by atoms with Crippen LogP contribution < -0.4 is 0 Å². The zero-order chi connectivity index (χ0) is 25.0. The third-order valence-electron chi connectivity index (χ3n) is 9.27. The number of aldehydes is 1. The molecule has 2 unspecified atom stereocenters. The number of carbonyl (C=O) groups excluding carboxylic acids is 1. The second kappa shape index (κ2) is 8.76. The van der Waals surface area contributed by atoms with Crippen LogP contribution in [-0.2, 0) is 11.3 Å². The molecule has 0 amide bonds. The van der Waals surface area contributed by atoms with Crippen LogP contribution in [0.25, 0.3) is 32.4 Å². The quantitative estimate of drug-likeness (QED) is 0.182. The topological polar surface area (TPSA) is 50.2 Å². The standard InChI is InChI=1S/C33H31N2O2/c36-21-25-19-35(20-30-26-9-3-1-7-23(26)17-24-8-2-4-10-27(24)30)16-14-22(25)18-32(35)33(37)29-13-15-34-31-12-6-5-11-28(29)31/h1-13,15,17,21-22,25,32-33,37H,14,16,18-20H2/q+1/t22?,25-,32-,33-,35?/m1/s1. The van der Waals surface area contributed by atoms with Gasteiger partial charge in [0, 0.05) is 30.0 Å². The van der Waals surface area contributed by atoms with Crippen molar-refractivity contribution in [2.75, 3.05) is 13.1 Å². The summed E-state index contributed by atoms with van der Waals surface area (Å²) in [5.41, 5.74) is 3.19. The van der Waals surface area contributed by atoms with Gasteiger partial charge in [-0.1, -0.05) is 66.7 Å². The number of pyridine rings is 1. The highest BCUT2D eigenvalue weighted by Gasteiger charge is 2.55. The van der Waals surface area contributed by atoms with Crippen molar-refractivity contribution in [2.24, 2.45) is 11.8 Å². The Morgan fingerprint density at radius 2 is 1.59 bits per heavy atom. The van der Waals surface area contributed by atoms with Gasteiger partial charge in [0.15, 0.2) is 0 Å². The van der Waals surface area contributed by atoms with Crippen LogP contribution in [0.2, 0.25) is 0 Å². The third-order valence-corrected chi connectivity index (χ3v) is 9.27. The predicted molar refractivity (Wildman–Crippen MR) is 148 cm³/mol. The van der Waals surface area contributed by atoms with Crippen LogP contribution >= 0.6 is 0 Å². The summed E-state index contributed by atoms with van der Waals surface area (Å²) in [6.45, 7) is 2.58. The van der Waals surface area contributed by atoms with Crippen molar-refractivity contribution in [3.05, 3.63) is 102 Å². The van der Waals surface area contributed by atoms with Gasteiger partial charge in [-0.05, 0) is 51.2 Å². The maximum Gasteiger partial charge on any atom is 0.131 e. The van der Waals surface area contributed by atoms with E-state index in [4.69, 9.17) is 0 Å². The molecular weight excluding hydrogens is 456 g/mol. The summed E-state index contributed by atoms with van der Waals surface area (Å²) in [6, 6.07) is 29.6. The van der Waals surface area contributed by atoms with Crippen LogP contribution in [-0.4, -0.2) is 40.0 Å². The Bertz CT molecular complexity index is 1590. The highest BCUT2D eigenvalue weighted by Crippen LogP contribution is 2.48. The van der Waals surface area contributed by atoms with Crippen LogP contribution in [0.1, 0.15) is 30.1 Å². The zero-order valence-electron chi connectivity index (χ0n) is 20.8. The number of carbonyl (C=O) groups is 1. The molecule has 4 heterocycles. The van der Waals surface area contributed by atoms with Gasteiger partial charge in [0.1, 0.15) is 25.0 Å². The average molecular weight is 488 g/mol. The molecule has 37 heavy (non-hydrogen) atoms. The molecule has 3 aliphatic heterocycles. The van der Waals surface area contributed by atoms with E-state index in [1.165, 1.54) is 33.4 Å². The summed E-state index contributed by atoms with van der Waals surface area (Å²) < 4.78 is 0.746. The summed E-state index contributed by atoms with van der Waals surface area (Å²) >= 11 is 0. The van der Waals surface area contributed by atoms with Crippen molar-refractivity contribution in [2.45, 2.75) is 31.5 Å². The van der Waals surface area contributed by atoms with E-state index in [2.05, 4.69) is 65.6 Å². The van der Waals surface area contributed by atoms with Gasteiger partial charge in [-0.2, -0.15) is 0 Å². The molecule has 1 N–H and O–H groups in total. The van der Waals surface area contributed by atoms with Gasteiger partial charge in [0.05, 0.1) is 24.5 Å². The maximum absolute atomic E-state index is 12.2. The molecule has 0 radical (unpaired) electrons. The van der Waals surface area contributed by atoms with Crippen molar-refractivity contribution in [3.8, 4) is 0 Å². The largest absolute Gasteiger partial charge is 0.382 e. The normalized spacial score (nSPS) is 26.0. The molecule has 3 aliphatic rings. The lowest BCUT2D eigenvalue weighted by atomic mass is 9.71. The average Bonchev–Trinajstić information content (AvgIpc) is 2.96. The van der Waals surface area contributed by atoms with E-state index < -0.39 is 6.10 Å². The molecule has 3 saturated heterocycles. The number of benzene rings is 4. The van der Waals surface area contributed by atoms with Gasteiger partial charge in [-0.15, -0.1) is 0 Å². The van der Waals surface area contributed by atoms with Gasteiger partial charge in [-0.25, -0.2) is 0 Å². The van der Waals surface area contributed by atoms with Crippen molar-refractivity contribution in [3.63, 3.8) is 0 Å². The minimum atomic E-state index is -0.621. The maximum atomic E-state index is 12.2. The Kier molecular flexibility index (Phi) is 5.35. The van der Waals surface area contributed by atoms with E-state index in [0.29, 0.717) is 5.92 Å². The fourth-order valence-electron chi connectivity index (χ4n) is 7.44. The lowest BCUT2D eigenvalue weighted by molar-refractivity contribution is -0.984. The van der Waals surface area contributed by atoms with Crippen molar-refractivity contribution < 1.29 is 14.4 Å². The Hall–Kier alpha value is -3.60. The van der Waals surface area contributed by atoms with Gasteiger partial charge >= 0.3 is 0 Å². The summed E-state index contributed by atoms with van der Waals surface area (Å²) in [4.78, 5) is 16.7. The predicted octanol–water partition coefficient (Wildman–Crippen LogP) is 6.20. The van der Waals surface area contributed by atoms with Crippen LogP contribution in [0.4, 0.5) is 0 Å². The smallest absolute Gasteiger partial charge is 0.131 e. The van der Waals surface area contributed by atoms with Gasteiger partial charge < -0.3 is 14.4 Å². The van der Waals surface area contributed by atoms with E-state index in [1.807, 2.05) is 30.5 Å². The van der Waals surface area contributed by atoms with Crippen molar-refractivity contribution in [1.29, 1.82) is 0 Å². The Morgan fingerprint density at radius 3 is 2.32 bits per heavy atom. The molecule has 0 aliphatic carbocycles. The molecular formula is C33H31N2O2+. The minimum absolute atomic E-state index is 0.0264. The van der Waals surface area contributed by atoms with Crippen molar-refractivity contribution in [1.82, 2.24) is 4.98 Å². The van der Waals surface area contributed by atoms with Crippen molar-refractivity contribution >= 4 is 38.7 Å². The number of fused-ring (bicyclic) bond motifs is 6. The summed E-state index contributed by atoms with van der Waals surface area (Å²) in [6.07, 6.45) is 4.27. The van der Waals surface area contributed by atoms with E-state index >= 15 is 0 Å². The molecule has 5 aromatic rings. The third kappa shape index (κ3) is 3.58. The molecule has 0 spiro atoms. The van der Waals surface area contributed by atoms with E-state index in [-0.39, 0.29) is 12.0 Å². The molecule has 4 heteroatoms. The molecule has 4 aromatic carbocycles. The molecule has 3 fully saturated rings. The monoisotopic (exact) mass is 487 g/mol. The van der Waals surface area contributed by atoms with Crippen LogP contribution in [0.3, 0.4) is 0 Å². The number of piperidine rings is 3. The van der Waals surface area contributed by atoms with Gasteiger partial charge in [0.2, 0.25) is 0 Å². The SMILES string of the molecule is O=C[C@H]1C[N+]2(Cc3c4ccccc4cc4ccccc34)CCC1C[C@@H]2[C@H](O)c1ccnc2ccccc12. The highest BCUT2D eigenvalue weighted by atomic mass is 16.3. The first kappa shape index (κ1) is 22.6. The number of aliphatic hydroxyl groups excluding tert-OH is 1. The fourth-order valence-corrected chi connectivity index (χ4v) is 7.44. The number of hydrogen-bond donors (Lipinski definition) is 1. The molecule has 8 rings (SSSR count). The van der Waals surface area contributed by atoms with E-state index in [1.54, 1.807) is 0 Å². The first-order chi connectivity index (χ1) is 18.2. The first-order valence-electron chi connectivity index (χ1n) is 13.4. The van der Waals surface area contributed by atoms with E-state index in [0.717, 1.165) is 53.4 Å². The number of quaternary nitrogens is 1.